The van der Waals surface area contributed by atoms with E-state index in [1.807, 2.05) is 16.7 Å². The maximum absolute atomic E-state index is 10.7. The highest BCUT2D eigenvalue weighted by Crippen LogP contribution is 2.29. The first-order valence-electron chi connectivity index (χ1n) is 6.97. The molecule has 0 aromatic carbocycles. The summed E-state index contributed by atoms with van der Waals surface area (Å²) in [6.07, 6.45) is 4.27. The minimum Gasteiger partial charge on any atom is -0.481 e. The zero-order valence-corrected chi connectivity index (χ0v) is 12.4. The van der Waals surface area contributed by atoms with Crippen LogP contribution in [0.4, 0.5) is 0 Å². The van der Waals surface area contributed by atoms with Crippen molar-refractivity contribution in [3.05, 3.63) is 18.3 Å². The van der Waals surface area contributed by atoms with Crippen LogP contribution in [0.5, 0.6) is 0 Å². The molecule has 6 nitrogen and oxygen atoms in total. The number of aliphatic carboxylic acids is 1. The molecule has 112 valence electrons. The van der Waals surface area contributed by atoms with Gasteiger partial charge in [-0.3, -0.25) is 4.79 Å². The molecular weight excluding hydrogens is 290 g/mol. The number of rotatable bonds is 8. The fraction of sp³-hybridized carbons (Fsp3) is 0.500. The first kappa shape index (κ1) is 14.3. The molecule has 0 atom stereocenters. The maximum Gasteiger partial charge on any atom is 0.313 e. The summed E-state index contributed by atoms with van der Waals surface area (Å²) in [5.41, 5.74) is 1.56. The van der Waals surface area contributed by atoms with E-state index < -0.39 is 5.97 Å². The number of ether oxygens (including phenoxy) is 1. The van der Waals surface area contributed by atoms with Crippen molar-refractivity contribution < 1.29 is 14.6 Å². The number of pyridine rings is 1. The zero-order valence-electron chi connectivity index (χ0n) is 11.6. The number of imidazole rings is 1. The normalized spacial score (nSPS) is 14.7. The van der Waals surface area contributed by atoms with Gasteiger partial charge >= 0.3 is 5.97 Å². The van der Waals surface area contributed by atoms with Crippen LogP contribution in [0.3, 0.4) is 0 Å². The third-order valence-electron chi connectivity index (χ3n) is 3.30. The third-order valence-corrected chi connectivity index (χ3v) is 4.26. The monoisotopic (exact) mass is 307 g/mol. The Kier molecular flexibility index (Phi) is 4.40. The van der Waals surface area contributed by atoms with Crippen LogP contribution in [0.15, 0.2) is 23.5 Å². The van der Waals surface area contributed by atoms with E-state index in [0.29, 0.717) is 18.3 Å². The highest BCUT2D eigenvalue weighted by molar-refractivity contribution is 7.99. The number of nitrogens with zero attached hydrogens (tertiary/aromatic N) is 3. The lowest BCUT2D eigenvalue weighted by Crippen LogP contribution is -2.10. The van der Waals surface area contributed by atoms with Gasteiger partial charge in [-0.05, 0) is 30.9 Å². The molecular formula is C14H17N3O3S. The van der Waals surface area contributed by atoms with Crippen molar-refractivity contribution in [3.8, 4) is 0 Å². The molecule has 7 heteroatoms. The van der Waals surface area contributed by atoms with E-state index in [-0.39, 0.29) is 5.75 Å². The summed E-state index contributed by atoms with van der Waals surface area (Å²) in [5.74, 6) is -0.119. The molecule has 2 aromatic rings. The predicted octanol–water partition coefficient (Wildman–Crippen LogP) is 2.03. The highest BCUT2D eigenvalue weighted by Gasteiger charge is 2.21. The van der Waals surface area contributed by atoms with Crippen molar-refractivity contribution in [1.29, 1.82) is 0 Å². The number of carboxylic acids is 1. The molecule has 1 saturated carbocycles. The van der Waals surface area contributed by atoms with Gasteiger partial charge in [-0.25, -0.2) is 9.97 Å². The largest absolute Gasteiger partial charge is 0.481 e. The molecule has 3 rings (SSSR count). The second kappa shape index (κ2) is 6.44. The molecule has 0 amide bonds. The lowest BCUT2D eigenvalue weighted by atomic mass is 10.4. The first-order chi connectivity index (χ1) is 10.2. The Morgan fingerprint density at radius 2 is 2.38 bits per heavy atom. The van der Waals surface area contributed by atoms with Crippen molar-refractivity contribution in [2.75, 3.05) is 19.0 Å². The van der Waals surface area contributed by atoms with Crippen LogP contribution in [0, 0.1) is 5.92 Å². The van der Waals surface area contributed by atoms with Crippen LogP contribution < -0.4 is 0 Å². The van der Waals surface area contributed by atoms with Gasteiger partial charge in [0, 0.05) is 12.8 Å². The van der Waals surface area contributed by atoms with E-state index in [2.05, 4.69) is 9.97 Å². The Morgan fingerprint density at radius 3 is 3.14 bits per heavy atom. The molecule has 0 aliphatic heterocycles. The van der Waals surface area contributed by atoms with Crippen molar-refractivity contribution in [1.82, 2.24) is 14.5 Å². The molecule has 0 spiro atoms. The van der Waals surface area contributed by atoms with Gasteiger partial charge in [0.1, 0.15) is 5.52 Å². The smallest absolute Gasteiger partial charge is 0.313 e. The fourth-order valence-electron chi connectivity index (χ4n) is 2.07. The lowest BCUT2D eigenvalue weighted by molar-refractivity contribution is -0.133. The first-order valence-corrected chi connectivity index (χ1v) is 7.96. The topological polar surface area (TPSA) is 77.2 Å². The molecule has 0 radical (unpaired) electrons. The van der Waals surface area contributed by atoms with E-state index in [4.69, 9.17) is 9.84 Å². The van der Waals surface area contributed by atoms with Gasteiger partial charge in [-0.1, -0.05) is 11.8 Å². The second-order valence-electron chi connectivity index (χ2n) is 5.09. The highest BCUT2D eigenvalue weighted by atomic mass is 32.2. The molecule has 1 aliphatic carbocycles. The van der Waals surface area contributed by atoms with E-state index in [0.717, 1.165) is 23.7 Å². The summed E-state index contributed by atoms with van der Waals surface area (Å²) in [6.45, 7) is 2.05. The van der Waals surface area contributed by atoms with Crippen molar-refractivity contribution in [3.63, 3.8) is 0 Å². The van der Waals surface area contributed by atoms with Gasteiger partial charge in [0.25, 0.3) is 0 Å². The molecule has 1 N–H and O–H groups in total. The van der Waals surface area contributed by atoms with Gasteiger partial charge in [-0.2, -0.15) is 0 Å². The number of hydrogen-bond donors (Lipinski definition) is 1. The Balaban J connectivity index is 1.71. The number of aromatic nitrogens is 3. The van der Waals surface area contributed by atoms with Crippen LogP contribution in [0.1, 0.15) is 12.8 Å². The Hall–Kier alpha value is -1.60. The van der Waals surface area contributed by atoms with Crippen molar-refractivity contribution >= 4 is 28.9 Å². The van der Waals surface area contributed by atoms with Gasteiger partial charge in [0.2, 0.25) is 0 Å². The molecule has 2 aromatic heterocycles. The minimum absolute atomic E-state index is 0.00769. The van der Waals surface area contributed by atoms with E-state index >= 15 is 0 Å². The molecule has 21 heavy (non-hydrogen) atoms. The average molecular weight is 307 g/mol. The lowest BCUT2D eigenvalue weighted by Gasteiger charge is -2.08. The predicted molar refractivity (Wildman–Crippen MR) is 79.4 cm³/mol. The quantitative estimate of drug-likeness (QED) is 0.594. The molecule has 1 fully saturated rings. The van der Waals surface area contributed by atoms with Gasteiger partial charge in [0.15, 0.2) is 10.8 Å². The SMILES string of the molecule is O=C(O)CSc1nc2cccnc2n1CCOCC1CC1. The number of thioether (sulfide) groups is 1. The summed E-state index contributed by atoms with van der Waals surface area (Å²) in [6, 6.07) is 3.71. The minimum atomic E-state index is -0.850. The fourth-order valence-corrected chi connectivity index (χ4v) is 2.82. The maximum atomic E-state index is 10.7. The summed E-state index contributed by atoms with van der Waals surface area (Å²) < 4.78 is 7.60. The standard InChI is InChI=1S/C14H17N3O3S/c18-12(19)9-21-14-16-11-2-1-5-15-13(11)17(14)6-7-20-8-10-3-4-10/h1-2,5,10H,3-4,6-9H2,(H,18,19). The van der Waals surface area contributed by atoms with E-state index in [9.17, 15) is 4.79 Å². The Labute approximate surface area is 126 Å². The summed E-state index contributed by atoms with van der Waals surface area (Å²) in [7, 11) is 0. The van der Waals surface area contributed by atoms with Gasteiger partial charge in [-0.15, -0.1) is 0 Å². The molecule has 0 saturated heterocycles. The number of carbonyl (C=O) groups is 1. The van der Waals surface area contributed by atoms with Gasteiger partial charge in [0.05, 0.1) is 18.9 Å². The number of hydrogen-bond acceptors (Lipinski definition) is 5. The second-order valence-corrected chi connectivity index (χ2v) is 6.04. The van der Waals surface area contributed by atoms with Crippen LogP contribution >= 0.6 is 11.8 Å². The van der Waals surface area contributed by atoms with Crippen LogP contribution in [0.2, 0.25) is 0 Å². The average Bonchev–Trinajstić information content (AvgIpc) is 3.23. The summed E-state index contributed by atoms with van der Waals surface area (Å²) in [4.78, 5) is 19.5. The van der Waals surface area contributed by atoms with E-state index in [1.165, 1.54) is 24.6 Å². The van der Waals surface area contributed by atoms with Gasteiger partial charge < -0.3 is 14.4 Å². The van der Waals surface area contributed by atoms with Crippen LogP contribution in [0.25, 0.3) is 11.2 Å². The third kappa shape index (κ3) is 3.74. The van der Waals surface area contributed by atoms with E-state index in [1.54, 1.807) is 6.20 Å². The van der Waals surface area contributed by atoms with Crippen LogP contribution in [-0.2, 0) is 16.1 Å². The summed E-state index contributed by atoms with van der Waals surface area (Å²) >= 11 is 1.21. The molecule has 1 aliphatic rings. The zero-order chi connectivity index (χ0) is 14.7. The van der Waals surface area contributed by atoms with Crippen LogP contribution in [-0.4, -0.2) is 44.6 Å². The number of fused-ring (bicyclic) bond motifs is 1. The van der Waals surface area contributed by atoms with Crippen molar-refractivity contribution in [2.45, 2.75) is 24.5 Å². The number of carboxylic acid groups (broad SMARTS) is 1. The Bertz CT molecular complexity index is 639. The van der Waals surface area contributed by atoms with Crippen molar-refractivity contribution in [2.24, 2.45) is 5.92 Å². The molecule has 0 bridgehead atoms. The molecule has 0 unspecified atom stereocenters. The summed E-state index contributed by atoms with van der Waals surface area (Å²) in [5, 5.41) is 9.51. The Morgan fingerprint density at radius 1 is 1.52 bits per heavy atom. The molecule has 2 heterocycles.